The van der Waals surface area contributed by atoms with Gasteiger partial charge < -0.3 is 67.4 Å². The molecule has 0 aromatic carbocycles. The van der Waals surface area contributed by atoms with Gasteiger partial charge >= 0.3 is 59.7 Å². The smallest absolute Gasteiger partial charge is 0.318 e. The molecule has 0 fully saturated rings. The van der Waals surface area contributed by atoms with Crippen molar-refractivity contribution in [3.63, 3.8) is 0 Å². The highest BCUT2D eigenvalue weighted by Crippen LogP contribution is 2.24. The molecule has 0 spiro atoms. The fraction of sp³-hybridized carbons (Fsp3) is 0.908. The van der Waals surface area contributed by atoms with Gasteiger partial charge in [-0.05, 0) is 154 Å². The lowest BCUT2D eigenvalue weighted by Gasteiger charge is -2.26. The molecule has 5 atom stereocenters. The lowest BCUT2D eigenvalue weighted by atomic mass is 10.1. The summed E-state index contributed by atoms with van der Waals surface area (Å²) in [6.07, 6.45) is 64.4. The molecule has 5 unspecified atom stereocenters. The van der Waals surface area contributed by atoms with E-state index in [-0.39, 0.29) is 167 Å². The second kappa shape index (κ2) is 103. The minimum atomic E-state index is -0.481. The van der Waals surface area contributed by atoms with E-state index in [1.165, 1.54) is 257 Å². The second-order valence-corrected chi connectivity index (χ2v) is 44.7. The van der Waals surface area contributed by atoms with Crippen LogP contribution in [-0.2, 0) is 95.3 Å². The Hall–Kier alpha value is -3.71. The van der Waals surface area contributed by atoms with Crippen LogP contribution in [0.25, 0.3) is 0 Å². The fourth-order valence-electron chi connectivity index (χ4n) is 15.8. The number of carbonyl (C=O) groups excluding carboxylic acids is 10. The SMILES string of the molecule is CCCCCCCCCCCCSC(C)C(=O)OCCOC(=O)CCN(CCCNCCCN(CCC(=O)OCCOC(=O)C(C)SCCCCCCCCCCCC)CCC(=O)OCCOC(=O)C(C)SCCCCCCCCCCCC)CCCN(CCC(=O)OCCOC(=O)C(C)SCCCCCCCCCCCC)CCC(=O)OCCOC(=O)C(C)SCCCCCCCCCCCC. The number of nitrogens with zero attached hydrogens (tertiary/aromatic N) is 3. The van der Waals surface area contributed by atoms with Crippen molar-refractivity contribution in [3.8, 4) is 0 Å². The molecule has 0 saturated carbocycles. The summed E-state index contributed by atoms with van der Waals surface area (Å²) in [5, 5.41) is 1.88. The van der Waals surface area contributed by atoms with Crippen LogP contribution in [0.2, 0.25) is 0 Å². The van der Waals surface area contributed by atoms with Gasteiger partial charge in [-0.15, -0.1) is 58.8 Å². The third-order valence-electron chi connectivity index (χ3n) is 24.7. The first-order valence-corrected chi connectivity index (χ1v) is 61.0. The Morgan fingerprint density at radius 2 is 0.333 bits per heavy atom. The summed E-state index contributed by atoms with van der Waals surface area (Å²) in [7, 11) is 0. The standard InChI is InChI=1S/C109H204N4O20S5/c1-11-16-21-26-31-36-41-46-51-56-90-134-95(6)105(119)129-85-80-124-100(114)64-75-111(73-63-74-113(78-67-103(117)127-83-88-132-108(122)98(9)137-93-59-54-49-44-39-34-29-24-19-14-4)79-68-104(118)128-84-89-133-109(123)99(10)138-94-60-55-50-45-40-35-30-25-20-15-5)71-61-69-110-70-62-72-112(76-65-101(115)125-81-86-130-106(120)96(7)135-91-57-52-47-42-37-32-27-22-17-12-2)77-66-102(116)126-82-87-131-107(121)97(8)136-92-58-53-48-43-38-33-28-23-18-13-3/h95-99,110H,11-94H2,1-10H3. The van der Waals surface area contributed by atoms with Gasteiger partial charge in [0.25, 0.3) is 0 Å². The van der Waals surface area contributed by atoms with Gasteiger partial charge in [-0.1, -0.05) is 324 Å². The van der Waals surface area contributed by atoms with Crippen molar-refractivity contribution in [1.82, 2.24) is 20.0 Å². The highest BCUT2D eigenvalue weighted by atomic mass is 32.2. The first kappa shape index (κ1) is 134. The Bertz CT molecular complexity index is 2730. The lowest BCUT2D eigenvalue weighted by molar-refractivity contribution is -0.152. The zero-order valence-electron chi connectivity index (χ0n) is 89.3. The van der Waals surface area contributed by atoms with E-state index < -0.39 is 29.8 Å². The quantitative estimate of drug-likeness (QED) is 0.0336. The van der Waals surface area contributed by atoms with Gasteiger partial charge in [0.1, 0.15) is 66.1 Å². The zero-order valence-corrected chi connectivity index (χ0v) is 93.4. The first-order valence-electron chi connectivity index (χ1n) is 55.8. The summed E-state index contributed by atoms with van der Waals surface area (Å²) in [5.41, 5.74) is 0. The fourth-order valence-corrected chi connectivity index (χ4v) is 20.4. The van der Waals surface area contributed by atoms with Crippen LogP contribution in [0.15, 0.2) is 0 Å². The molecular weight excluding hydrogens is 1850 g/mol. The van der Waals surface area contributed by atoms with Crippen LogP contribution in [0.3, 0.4) is 0 Å². The predicted molar refractivity (Wildman–Crippen MR) is 578 cm³/mol. The van der Waals surface area contributed by atoms with E-state index in [1.54, 1.807) is 58.8 Å². The number of nitrogens with one attached hydrogen (secondary N) is 1. The number of hydrogen-bond donors (Lipinski definition) is 1. The average molecular weight is 2050 g/mol. The van der Waals surface area contributed by atoms with E-state index in [0.29, 0.717) is 78.2 Å². The Balaban J connectivity index is 6.28. The molecule has 0 aromatic heterocycles. The maximum Gasteiger partial charge on any atom is 0.318 e. The lowest BCUT2D eigenvalue weighted by Crippen LogP contribution is -2.35. The van der Waals surface area contributed by atoms with Crippen molar-refractivity contribution in [2.24, 2.45) is 0 Å². The topological polar surface area (TPSA) is 285 Å². The number of thioether (sulfide) groups is 5. The summed E-state index contributed by atoms with van der Waals surface area (Å²) < 4.78 is 55.4. The Kier molecular flexibility index (Phi) is 100. The molecule has 0 aliphatic carbocycles. The molecule has 0 saturated heterocycles. The Labute approximate surface area is 862 Å². The minimum Gasteiger partial charge on any atom is -0.462 e. The second-order valence-electron chi connectivity index (χ2n) is 37.5. The molecular formula is C109H204N4O20S5. The molecule has 138 heavy (non-hydrogen) atoms. The van der Waals surface area contributed by atoms with Crippen LogP contribution in [0.4, 0.5) is 0 Å². The van der Waals surface area contributed by atoms with E-state index >= 15 is 0 Å². The van der Waals surface area contributed by atoms with Crippen molar-refractivity contribution < 1.29 is 95.3 Å². The summed E-state index contributed by atoms with van der Waals surface area (Å²) in [4.78, 5) is 137. The first-order chi connectivity index (χ1) is 67.2. The normalized spacial score (nSPS) is 12.6. The van der Waals surface area contributed by atoms with Gasteiger partial charge in [0.2, 0.25) is 0 Å². The Morgan fingerprint density at radius 1 is 0.188 bits per heavy atom. The van der Waals surface area contributed by atoms with Crippen LogP contribution in [0.1, 0.15) is 442 Å². The average Bonchev–Trinajstić information content (AvgIpc) is 0.965. The number of ether oxygens (including phenoxy) is 10. The van der Waals surface area contributed by atoms with Gasteiger partial charge in [0, 0.05) is 32.7 Å². The highest BCUT2D eigenvalue weighted by molar-refractivity contribution is 8.01. The number of carbonyl (C=O) groups is 10. The molecule has 0 amide bonds. The zero-order chi connectivity index (χ0) is 101. The third kappa shape index (κ3) is 92.2. The summed E-state index contributed by atoms with van der Waals surface area (Å²) in [6.45, 7) is 24.6. The van der Waals surface area contributed by atoms with Gasteiger partial charge in [-0.2, -0.15) is 0 Å². The molecule has 0 aromatic rings. The number of rotatable bonds is 107. The molecule has 29 heteroatoms. The Morgan fingerprint density at radius 3 is 0.507 bits per heavy atom. The minimum absolute atomic E-state index is 0.000909. The van der Waals surface area contributed by atoms with Crippen LogP contribution in [0, 0.1) is 0 Å². The van der Waals surface area contributed by atoms with Crippen molar-refractivity contribution >= 4 is 119 Å². The molecule has 0 rings (SSSR count). The third-order valence-corrected chi connectivity index (χ3v) is 30.8. The van der Waals surface area contributed by atoms with Crippen LogP contribution >= 0.6 is 58.8 Å². The van der Waals surface area contributed by atoms with E-state index in [2.05, 4.69) is 44.8 Å². The molecule has 0 aliphatic rings. The molecule has 0 heterocycles. The van der Waals surface area contributed by atoms with Gasteiger partial charge in [-0.3, -0.25) is 47.9 Å². The number of esters is 10. The highest BCUT2D eigenvalue weighted by Gasteiger charge is 2.23. The van der Waals surface area contributed by atoms with Crippen molar-refractivity contribution in [3.05, 3.63) is 0 Å². The van der Waals surface area contributed by atoms with Crippen LogP contribution < -0.4 is 5.32 Å². The van der Waals surface area contributed by atoms with Crippen LogP contribution in [0.5, 0.6) is 0 Å². The van der Waals surface area contributed by atoms with E-state index in [9.17, 15) is 47.9 Å². The molecule has 1 N–H and O–H groups in total. The summed E-state index contributed by atoms with van der Waals surface area (Å²) in [6, 6.07) is 0. The molecule has 0 bridgehead atoms. The van der Waals surface area contributed by atoms with E-state index in [1.807, 2.05) is 44.4 Å². The van der Waals surface area contributed by atoms with Crippen molar-refractivity contribution in [2.45, 2.75) is 468 Å². The summed E-state index contributed by atoms with van der Waals surface area (Å²) >= 11 is 7.93. The van der Waals surface area contributed by atoms with Crippen LogP contribution in [-0.4, -0.2) is 267 Å². The molecule has 24 nitrogen and oxygen atoms in total. The van der Waals surface area contributed by atoms with Crippen molar-refractivity contribution in [1.29, 1.82) is 0 Å². The molecule has 0 radical (unpaired) electrons. The van der Waals surface area contributed by atoms with E-state index in [0.717, 1.165) is 93.0 Å². The van der Waals surface area contributed by atoms with Crippen molar-refractivity contribution in [2.75, 3.05) is 167 Å². The van der Waals surface area contributed by atoms with Gasteiger partial charge in [0.15, 0.2) is 0 Å². The van der Waals surface area contributed by atoms with Gasteiger partial charge in [0.05, 0.1) is 58.4 Å². The molecule has 0 aliphatic heterocycles. The molecule has 810 valence electrons. The predicted octanol–water partition coefficient (Wildman–Crippen LogP) is 25.2. The van der Waals surface area contributed by atoms with E-state index in [4.69, 9.17) is 47.4 Å². The van der Waals surface area contributed by atoms with Gasteiger partial charge in [-0.25, -0.2) is 0 Å². The summed E-state index contributed by atoms with van der Waals surface area (Å²) in [5.74, 6) is 0.398. The maximum absolute atomic E-state index is 13.5. The maximum atomic E-state index is 13.5. The number of unbranched alkanes of at least 4 members (excludes halogenated alkanes) is 45. The monoisotopic (exact) mass is 2050 g/mol. The number of hydrogen-bond acceptors (Lipinski definition) is 29. The largest absolute Gasteiger partial charge is 0.462 e.